The van der Waals surface area contributed by atoms with Crippen LogP contribution in [0.4, 0.5) is 5.82 Å². The van der Waals surface area contributed by atoms with Gasteiger partial charge in [-0.3, -0.25) is 9.78 Å². The molecule has 1 aromatic heterocycles. The summed E-state index contributed by atoms with van der Waals surface area (Å²) in [5.74, 6) is -0.358. The number of hydrogen-bond donors (Lipinski definition) is 2. The lowest BCUT2D eigenvalue weighted by atomic mass is 9.95. The second-order valence-electron chi connectivity index (χ2n) is 5.26. The highest BCUT2D eigenvalue weighted by Crippen LogP contribution is 2.26. The van der Waals surface area contributed by atoms with Crippen LogP contribution in [-0.2, 0) is 4.79 Å². The number of nitrogens with zero attached hydrogens (tertiary/aromatic N) is 2. The minimum absolute atomic E-state index is 0.0450. The fourth-order valence-corrected chi connectivity index (χ4v) is 2.58. The molecule has 1 aliphatic carbocycles. The Labute approximate surface area is 113 Å². The number of nitrogens with one attached hydrogen (secondary N) is 1. The van der Waals surface area contributed by atoms with Crippen LogP contribution in [0.1, 0.15) is 43.5 Å². The van der Waals surface area contributed by atoms with Crippen molar-refractivity contribution in [2.24, 2.45) is 5.92 Å². The van der Waals surface area contributed by atoms with Crippen molar-refractivity contribution in [2.75, 3.05) is 5.32 Å². The lowest BCUT2D eigenvalue weighted by molar-refractivity contribution is -0.142. The summed E-state index contributed by atoms with van der Waals surface area (Å²) < 4.78 is 0. The number of carboxylic acid groups (broad SMARTS) is 1. The van der Waals surface area contributed by atoms with E-state index in [9.17, 15) is 9.90 Å². The van der Waals surface area contributed by atoms with Crippen LogP contribution >= 0.6 is 0 Å². The number of aryl methyl sites for hydroxylation is 2. The van der Waals surface area contributed by atoms with E-state index in [1.54, 1.807) is 6.20 Å². The molecule has 1 aromatic rings. The molecule has 0 radical (unpaired) electrons. The predicted molar refractivity (Wildman–Crippen MR) is 73.1 cm³/mol. The van der Waals surface area contributed by atoms with Crippen LogP contribution in [0.5, 0.6) is 0 Å². The first-order valence-corrected chi connectivity index (χ1v) is 6.87. The van der Waals surface area contributed by atoms with Crippen LogP contribution in [0.15, 0.2) is 6.20 Å². The van der Waals surface area contributed by atoms with Crippen molar-refractivity contribution in [3.8, 4) is 0 Å². The number of hydrogen-bond acceptors (Lipinski definition) is 4. The Bertz CT molecular complexity index is 462. The summed E-state index contributed by atoms with van der Waals surface area (Å²) >= 11 is 0. The van der Waals surface area contributed by atoms with Gasteiger partial charge in [0.1, 0.15) is 5.82 Å². The standard InChI is InChI=1S/C14H21N3O2/c1-9-10(2)16-13(8-15-9)17-12-7-5-3-4-6-11(12)14(18)19/h8,11-12H,3-7H2,1-2H3,(H,16,17)(H,18,19). The summed E-state index contributed by atoms with van der Waals surface area (Å²) in [6.45, 7) is 3.83. The summed E-state index contributed by atoms with van der Waals surface area (Å²) in [5, 5.41) is 12.6. The zero-order valence-corrected chi connectivity index (χ0v) is 11.5. The molecule has 0 amide bonds. The van der Waals surface area contributed by atoms with Crippen molar-refractivity contribution in [2.45, 2.75) is 52.0 Å². The highest BCUT2D eigenvalue weighted by atomic mass is 16.4. The number of aliphatic carboxylic acids is 1. The SMILES string of the molecule is Cc1ncc(NC2CCCCCC2C(=O)O)nc1C. The lowest BCUT2D eigenvalue weighted by Gasteiger charge is -2.23. The smallest absolute Gasteiger partial charge is 0.308 e. The van der Waals surface area contributed by atoms with E-state index < -0.39 is 5.97 Å². The molecule has 0 spiro atoms. The summed E-state index contributed by atoms with van der Waals surface area (Å²) in [6.07, 6.45) is 6.48. The van der Waals surface area contributed by atoms with Gasteiger partial charge in [-0.2, -0.15) is 0 Å². The quantitative estimate of drug-likeness (QED) is 0.820. The van der Waals surface area contributed by atoms with Gasteiger partial charge in [-0.25, -0.2) is 4.98 Å². The van der Waals surface area contributed by atoms with E-state index >= 15 is 0 Å². The first-order valence-electron chi connectivity index (χ1n) is 6.87. The lowest BCUT2D eigenvalue weighted by Crippen LogP contribution is -2.34. The Morgan fingerprint density at radius 2 is 2.00 bits per heavy atom. The third-order valence-corrected chi connectivity index (χ3v) is 3.86. The van der Waals surface area contributed by atoms with Gasteiger partial charge in [0, 0.05) is 6.04 Å². The summed E-state index contributed by atoms with van der Waals surface area (Å²) in [7, 11) is 0. The molecule has 1 fully saturated rings. The average Bonchev–Trinajstić information content (AvgIpc) is 2.59. The molecule has 1 aliphatic rings. The second-order valence-corrected chi connectivity index (χ2v) is 5.26. The highest BCUT2D eigenvalue weighted by molar-refractivity contribution is 5.71. The first kappa shape index (κ1) is 13.8. The fraction of sp³-hybridized carbons (Fsp3) is 0.643. The number of rotatable bonds is 3. The largest absolute Gasteiger partial charge is 0.481 e. The molecule has 0 bridgehead atoms. The van der Waals surface area contributed by atoms with E-state index in [4.69, 9.17) is 0 Å². The normalized spacial score (nSPS) is 23.7. The van der Waals surface area contributed by atoms with E-state index in [1.807, 2.05) is 13.8 Å². The molecule has 104 valence electrons. The van der Waals surface area contributed by atoms with Crippen LogP contribution in [0.2, 0.25) is 0 Å². The van der Waals surface area contributed by atoms with Crippen molar-refractivity contribution in [3.05, 3.63) is 17.6 Å². The third-order valence-electron chi connectivity index (χ3n) is 3.86. The van der Waals surface area contributed by atoms with Gasteiger partial charge in [0.25, 0.3) is 0 Å². The van der Waals surface area contributed by atoms with Crippen LogP contribution in [0, 0.1) is 19.8 Å². The summed E-state index contributed by atoms with van der Waals surface area (Å²) in [6, 6.07) is -0.0450. The highest BCUT2D eigenvalue weighted by Gasteiger charge is 2.29. The van der Waals surface area contributed by atoms with Crippen molar-refractivity contribution < 1.29 is 9.90 Å². The van der Waals surface area contributed by atoms with Gasteiger partial charge in [0.15, 0.2) is 0 Å². The number of anilines is 1. The topological polar surface area (TPSA) is 75.1 Å². The van der Waals surface area contributed by atoms with Gasteiger partial charge in [0.2, 0.25) is 0 Å². The van der Waals surface area contributed by atoms with Gasteiger partial charge < -0.3 is 10.4 Å². The van der Waals surface area contributed by atoms with Crippen molar-refractivity contribution in [1.82, 2.24) is 9.97 Å². The molecule has 2 unspecified atom stereocenters. The number of carbonyl (C=O) groups is 1. The fourth-order valence-electron chi connectivity index (χ4n) is 2.58. The van der Waals surface area contributed by atoms with Gasteiger partial charge in [-0.1, -0.05) is 19.3 Å². The minimum Gasteiger partial charge on any atom is -0.481 e. The Morgan fingerprint density at radius 3 is 2.68 bits per heavy atom. The van der Waals surface area contributed by atoms with E-state index in [-0.39, 0.29) is 12.0 Å². The molecule has 0 aliphatic heterocycles. The molecule has 0 saturated heterocycles. The Balaban J connectivity index is 2.13. The van der Waals surface area contributed by atoms with Gasteiger partial charge in [0.05, 0.1) is 23.5 Å². The maximum Gasteiger partial charge on any atom is 0.308 e. The van der Waals surface area contributed by atoms with E-state index in [0.29, 0.717) is 5.82 Å². The number of carboxylic acids is 1. The van der Waals surface area contributed by atoms with Gasteiger partial charge in [-0.05, 0) is 26.7 Å². The van der Waals surface area contributed by atoms with Crippen molar-refractivity contribution >= 4 is 11.8 Å². The monoisotopic (exact) mass is 263 g/mol. The van der Waals surface area contributed by atoms with E-state index in [1.165, 1.54) is 0 Å². The van der Waals surface area contributed by atoms with Crippen molar-refractivity contribution in [3.63, 3.8) is 0 Å². The van der Waals surface area contributed by atoms with Crippen molar-refractivity contribution in [1.29, 1.82) is 0 Å². The van der Waals surface area contributed by atoms with Crippen LogP contribution in [0.3, 0.4) is 0 Å². The van der Waals surface area contributed by atoms with Gasteiger partial charge in [-0.15, -0.1) is 0 Å². The Hall–Kier alpha value is -1.65. The maximum atomic E-state index is 11.4. The minimum atomic E-state index is -0.712. The molecule has 0 aromatic carbocycles. The number of aromatic nitrogens is 2. The van der Waals surface area contributed by atoms with Crippen LogP contribution in [0.25, 0.3) is 0 Å². The van der Waals surface area contributed by atoms with E-state index in [2.05, 4.69) is 15.3 Å². The zero-order chi connectivity index (χ0) is 13.8. The van der Waals surface area contributed by atoms with E-state index in [0.717, 1.165) is 43.5 Å². The summed E-state index contributed by atoms with van der Waals surface area (Å²) in [4.78, 5) is 20.0. The van der Waals surface area contributed by atoms with Gasteiger partial charge >= 0.3 is 5.97 Å². The van der Waals surface area contributed by atoms with Crippen LogP contribution in [-0.4, -0.2) is 27.1 Å². The molecule has 1 heterocycles. The van der Waals surface area contributed by atoms with Crippen LogP contribution < -0.4 is 5.32 Å². The second kappa shape index (κ2) is 5.99. The Kier molecular flexibility index (Phi) is 4.35. The average molecular weight is 263 g/mol. The molecule has 2 rings (SSSR count). The molecular formula is C14H21N3O2. The maximum absolute atomic E-state index is 11.4. The molecule has 19 heavy (non-hydrogen) atoms. The third kappa shape index (κ3) is 3.43. The molecule has 5 heteroatoms. The molecule has 2 N–H and O–H groups in total. The molecular weight excluding hydrogens is 242 g/mol. The zero-order valence-electron chi connectivity index (χ0n) is 11.5. The predicted octanol–water partition coefficient (Wildman–Crippen LogP) is 2.54. The Morgan fingerprint density at radius 1 is 1.26 bits per heavy atom. The first-order chi connectivity index (χ1) is 9.08. The summed E-state index contributed by atoms with van der Waals surface area (Å²) in [5.41, 5.74) is 1.78. The molecule has 5 nitrogen and oxygen atoms in total. The molecule has 1 saturated carbocycles. The molecule has 2 atom stereocenters.